The number of aromatic amines is 2. The molecule has 2 aromatic rings. The first-order chi connectivity index (χ1) is 8.49. The lowest BCUT2D eigenvalue weighted by atomic mass is 10.1. The Hall–Kier alpha value is -1.72. The van der Waals surface area contributed by atoms with E-state index in [4.69, 9.17) is 23.2 Å². The van der Waals surface area contributed by atoms with Gasteiger partial charge >= 0.3 is 5.69 Å². The Bertz CT molecular complexity index is 686. The summed E-state index contributed by atoms with van der Waals surface area (Å²) < 4.78 is 0. The molecule has 0 saturated carbocycles. The minimum atomic E-state index is -0.834. The van der Waals surface area contributed by atoms with Crippen molar-refractivity contribution in [2.24, 2.45) is 0 Å². The average Bonchev–Trinajstić information content (AvgIpc) is 2.26. The molecule has 0 atom stereocenters. The topological polar surface area (TPSA) is 88.8 Å². The Balaban J connectivity index is 2.54. The van der Waals surface area contributed by atoms with Crippen molar-refractivity contribution in [1.82, 2.24) is 9.97 Å². The van der Waals surface area contributed by atoms with E-state index in [2.05, 4.69) is 0 Å². The second-order valence-corrected chi connectivity index (χ2v) is 4.41. The van der Waals surface area contributed by atoms with E-state index in [1.807, 2.05) is 9.97 Å². The van der Waals surface area contributed by atoms with Crippen molar-refractivity contribution in [3.8, 4) is 5.88 Å². The van der Waals surface area contributed by atoms with Gasteiger partial charge in [0.15, 0.2) is 0 Å². The van der Waals surface area contributed by atoms with E-state index in [1.54, 1.807) is 18.2 Å². The Morgan fingerprint density at radius 2 is 1.67 bits per heavy atom. The number of aromatic nitrogens is 2. The number of hydrogen-bond acceptors (Lipinski definition) is 3. The van der Waals surface area contributed by atoms with Crippen LogP contribution >= 0.6 is 23.2 Å². The fourth-order valence-electron chi connectivity index (χ4n) is 1.53. The molecule has 1 aromatic carbocycles. The van der Waals surface area contributed by atoms with Crippen molar-refractivity contribution < 1.29 is 5.11 Å². The lowest BCUT2D eigenvalue weighted by molar-refractivity contribution is -0.276. The van der Waals surface area contributed by atoms with Crippen molar-refractivity contribution in [3.63, 3.8) is 0 Å². The van der Waals surface area contributed by atoms with Crippen molar-refractivity contribution in [2.45, 2.75) is 6.42 Å². The highest BCUT2D eigenvalue weighted by Gasteiger charge is 2.10. The second-order valence-electron chi connectivity index (χ2n) is 3.59. The maximum Gasteiger partial charge on any atom is 0.325 e. The molecule has 94 valence electrons. The summed E-state index contributed by atoms with van der Waals surface area (Å²) in [5.41, 5.74) is -1.21. The number of rotatable bonds is 2. The van der Waals surface area contributed by atoms with Gasteiger partial charge in [-0.3, -0.25) is 9.78 Å². The molecule has 0 aliphatic heterocycles. The summed E-state index contributed by atoms with van der Waals surface area (Å²) in [6, 6.07) is 4.86. The summed E-state index contributed by atoms with van der Waals surface area (Å²) in [5, 5.41) is 12.2. The number of hydrogen-bond donors (Lipinski definition) is 2. The molecule has 0 unspecified atom stereocenters. The van der Waals surface area contributed by atoms with Gasteiger partial charge in [-0.1, -0.05) is 29.3 Å². The van der Waals surface area contributed by atoms with Crippen LogP contribution in [-0.4, -0.2) is 9.97 Å². The minimum absolute atomic E-state index is 0.0382. The fraction of sp³-hybridized carbons (Fsp3) is 0.0909. The molecule has 18 heavy (non-hydrogen) atoms. The summed E-state index contributed by atoms with van der Waals surface area (Å²) in [7, 11) is 0. The highest BCUT2D eigenvalue weighted by Crippen LogP contribution is 2.26. The van der Waals surface area contributed by atoms with Crippen LogP contribution in [-0.2, 0) is 6.42 Å². The predicted octanol–water partition coefficient (Wildman–Crippen LogP) is 1.03. The van der Waals surface area contributed by atoms with Gasteiger partial charge in [0.1, 0.15) is 0 Å². The van der Waals surface area contributed by atoms with E-state index in [9.17, 15) is 14.7 Å². The van der Waals surface area contributed by atoms with Gasteiger partial charge in [0, 0.05) is 22.0 Å². The van der Waals surface area contributed by atoms with Crippen LogP contribution in [0, 0.1) is 0 Å². The molecular weight excluding hydrogens is 279 g/mol. The fourth-order valence-corrected chi connectivity index (χ4v) is 2.06. The third kappa shape index (κ3) is 2.42. The Morgan fingerprint density at radius 1 is 1.06 bits per heavy atom. The van der Waals surface area contributed by atoms with Gasteiger partial charge in [0.25, 0.3) is 5.56 Å². The van der Waals surface area contributed by atoms with Gasteiger partial charge in [-0.2, -0.15) is 0 Å². The normalized spacial score (nSPS) is 10.6. The SMILES string of the molecule is O=c1[nH]c([O-])c(Cc2c(Cl)cccc2Cl)c(=O)[nH]1. The minimum Gasteiger partial charge on any atom is -0.860 e. The molecule has 0 fully saturated rings. The van der Waals surface area contributed by atoms with Gasteiger partial charge in [-0.25, -0.2) is 4.79 Å². The molecule has 7 heteroatoms. The molecule has 2 rings (SSSR count). The highest BCUT2D eigenvalue weighted by molar-refractivity contribution is 6.36. The highest BCUT2D eigenvalue weighted by atomic mass is 35.5. The molecular formula is C11H7Cl2N2O3-. The van der Waals surface area contributed by atoms with Gasteiger partial charge in [0.2, 0.25) is 0 Å². The summed E-state index contributed by atoms with van der Waals surface area (Å²) in [4.78, 5) is 26.4. The molecule has 0 saturated heterocycles. The summed E-state index contributed by atoms with van der Waals surface area (Å²) in [6.45, 7) is 0. The number of halogens is 2. The van der Waals surface area contributed by atoms with Crippen LogP contribution in [0.3, 0.4) is 0 Å². The zero-order chi connectivity index (χ0) is 13.3. The molecule has 0 aliphatic rings. The average molecular weight is 286 g/mol. The zero-order valence-corrected chi connectivity index (χ0v) is 10.4. The molecule has 0 amide bonds. The Labute approximate surface area is 111 Å². The van der Waals surface area contributed by atoms with E-state index in [0.717, 1.165) is 0 Å². The number of nitrogens with one attached hydrogen (secondary N) is 2. The first kappa shape index (κ1) is 12.7. The maximum atomic E-state index is 11.5. The molecule has 0 aliphatic carbocycles. The maximum absolute atomic E-state index is 11.5. The number of H-pyrrole nitrogens is 2. The van der Waals surface area contributed by atoms with Crippen molar-refractivity contribution in [1.29, 1.82) is 0 Å². The van der Waals surface area contributed by atoms with Crippen LogP contribution in [0.4, 0.5) is 0 Å². The van der Waals surface area contributed by atoms with Crippen LogP contribution < -0.4 is 16.4 Å². The molecule has 0 bridgehead atoms. The quantitative estimate of drug-likeness (QED) is 0.864. The molecule has 2 N–H and O–H groups in total. The van der Waals surface area contributed by atoms with Crippen LogP contribution in [0.5, 0.6) is 5.88 Å². The van der Waals surface area contributed by atoms with Gasteiger partial charge < -0.3 is 10.1 Å². The van der Waals surface area contributed by atoms with Crippen LogP contribution in [0.2, 0.25) is 10.0 Å². The predicted molar refractivity (Wildman–Crippen MR) is 66.4 cm³/mol. The van der Waals surface area contributed by atoms with Gasteiger partial charge in [0.05, 0.1) is 0 Å². The smallest absolute Gasteiger partial charge is 0.325 e. The van der Waals surface area contributed by atoms with Gasteiger partial charge in [-0.15, -0.1) is 0 Å². The molecule has 5 nitrogen and oxygen atoms in total. The van der Waals surface area contributed by atoms with Crippen LogP contribution in [0.1, 0.15) is 11.1 Å². The lowest BCUT2D eigenvalue weighted by Crippen LogP contribution is -2.27. The van der Waals surface area contributed by atoms with E-state index >= 15 is 0 Å². The Morgan fingerprint density at radius 3 is 2.22 bits per heavy atom. The van der Waals surface area contributed by atoms with E-state index in [1.165, 1.54) is 0 Å². The first-order valence-electron chi connectivity index (χ1n) is 4.94. The summed E-state index contributed by atoms with van der Waals surface area (Å²) >= 11 is 11.9. The molecule has 1 heterocycles. The van der Waals surface area contributed by atoms with Crippen molar-refractivity contribution in [2.75, 3.05) is 0 Å². The standard InChI is InChI=1S/C11H8Cl2N2O3/c12-7-2-1-3-8(13)5(7)4-6-9(16)14-11(18)15-10(6)17/h1-3H,4H2,(H3,14,15,16,17,18)/p-1. The zero-order valence-electron chi connectivity index (χ0n) is 8.92. The first-order valence-corrected chi connectivity index (χ1v) is 5.70. The van der Waals surface area contributed by atoms with E-state index < -0.39 is 17.1 Å². The summed E-state index contributed by atoms with van der Waals surface area (Å²) in [5.74, 6) is -0.736. The second kappa shape index (κ2) is 4.88. The van der Waals surface area contributed by atoms with E-state index in [0.29, 0.717) is 15.6 Å². The molecule has 0 spiro atoms. The number of benzene rings is 1. The third-order valence-electron chi connectivity index (χ3n) is 2.42. The lowest BCUT2D eigenvalue weighted by Gasteiger charge is -2.12. The molecule has 0 radical (unpaired) electrons. The van der Waals surface area contributed by atoms with Crippen LogP contribution in [0.15, 0.2) is 27.8 Å². The van der Waals surface area contributed by atoms with E-state index in [-0.39, 0.29) is 12.0 Å². The van der Waals surface area contributed by atoms with Crippen molar-refractivity contribution >= 4 is 23.2 Å². The van der Waals surface area contributed by atoms with Crippen molar-refractivity contribution in [3.05, 3.63) is 60.2 Å². The molecule has 1 aromatic heterocycles. The monoisotopic (exact) mass is 285 g/mol. The summed E-state index contributed by atoms with van der Waals surface area (Å²) in [6.07, 6.45) is -0.0382. The van der Waals surface area contributed by atoms with Gasteiger partial charge in [-0.05, 0) is 23.6 Å². The Kier molecular flexibility index (Phi) is 3.45. The largest absolute Gasteiger partial charge is 0.860 e. The third-order valence-corrected chi connectivity index (χ3v) is 3.13. The van der Waals surface area contributed by atoms with Crippen LogP contribution in [0.25, 0.3) is 0 Å².